The Balaban J connectivity index is 2.39. The summed E-state index contributed by atoms with van der Waals surface area (Å²) in [5, 5.41) is 0. The molecule has 0 N–H and O–H groups in total. The monoisotopic (exact) mass is 294 g/mol. The molecule has 0 spiro atoms. The van der Waals surface area contributed by atoms with Gasteiger partial charge in [-0.05, 0) is 24.8 Å². The van der Waals surface area contributed by atoms with E-state index in [2.05, 4.69) is 4.74 Å². The van der Waals surface area contributed by atoms with Crippen molar-refractivity contribution >= 4 is 18.2 Å². The van der Waals surface area contributed by atoms with Crippen LogP contribution in [0.25, 0.3) is 0 Å². The van der Waals surface area contributed by atoms with Crippen LogP contribution >= 0.6 is 0 Å². The zero-order valence-electron chi connectivity index (χ0n) is 12.5. The van der Waals surface area contributed by atoms with Crippen molar-refractivity contribution in [3.8, 4) is 0 Å². The maximum Gasteiger partial charge on any atom is 0.305 e. The first-order valence-corrected chi connectivity index (χ1v) is 7.12. The number of methoxy groups -OCH3 is 1. The number of carbonyl (C=O) groups is 3. The fraction of sp³-hybridized carbons (Fsp3) is 0.562. The number of unbranched alkanes of at least 4 members (excludes halogenated alkanes) is 1. The van der Waals surface area contributed by atoms with Crippen molar-refractivity contribution in [3.05, 3.63) is 23.8 Å². The van der Waals surface area contributed by atoms with E-state index in [4.69, 9.17) is 4.74 Å². The van der Waals surface area contributed by atoms with Gasteiger partial charge in [0.1, 0.15) is 12.4 Å². The van der Waals surface area contributed by atoms with E-state index in [9.17, 15) is 14.4 Å². The second-order valence-corrected chi connectivity index (χ2v) is 4.99. The first kappa shape index (κ1) is 17.1. The van der Waals surface area contributed by atoms with Crippen LogP contribution in [0.4, 0.5) is 0 Å². The summed E-state index contributed by atoms with van der Waals surface area (Å²) in [5.74, 6) is -0.601. The lowest BCUT2D eigenvalue weighted by atomic mass is 9.95. The number of hydrogen-bond acceptors (Lipinski definition) is 5. The Labute approximate surface area is 125 Å². The number of carbonyl (C=O) groups excluding carboxylic acids is 3. The Morgan fingerprint density at radius 3 is 2.76 bits per heavy atom. The SMILES string of the molecule is COC(=O)CCC/C=C\C[C@@H]1C(C=O)=CC[C@@H]1OC(C)=O. The molecule has 21 heavy (non-hydrogen) atoms. The van der Waals surface area contributed by atoms with E-state index >= 15 is 0 Å². The van der Waals surface area contributed by atoms with Gasteiger partial charge in [-0.25, -0.2) is 0 Å². The number of aldehydes is 1. The molecular formula is C16H22O5. The molecule has 5 nitrogen and oxygen atoms in total. The molecule has 116 valence electrons. The molecule has 5 heteroatoms. The minimum absolute atomic E-state index is 0.0664. The van der Waals surface area contributed by atoms with Gasteiger partial charge in [-0.3, -0.25) is 14.4 Å². The van der Waals surface area contributed by atoms with Gasteiger partial charge in [-0.15, -0.1) is 0 Å². The van der Waals surface area contributed by atoms with Gasteiger partial charge < -0.3 is 9.47 Å². The van der Waals surface area contributed by atoms with Crippen LogP contribution in [0, 0.1) is 5.92 Å². The lowest BCUT2D eigenvalue weighted by Gasteiger charge is -2.19. The lowest BCUT2D eigenvalue weighted by Crippen LogP contribution is -2.23. The van der Waals surface area contributed by atoms with Crippen molar-refractivity contribution in [1.82, 2.24) is 0 Å². The second kappa shape index (κ2) is 9.10. The van der Waals surface area contributed by atoms with Crippen LogP contribution in [0.3, 0.4) is 0 Å². The van der Waals surface area contributed by atoms with Crippen molar-refractivity contribution in [1.29, 1.82) is 0 Å². The molecule has 1 rings (SSSR count). The molecule has 0 saturated carbocycles. The maximum absolute atomic E-state index is 11.1. The molecule has 1 aliphatic rings. The van der Waals surface area contributed by atoms with Crippen LogP contribution in [0.2, 0.25) is 0 Å². The summed E-state index contributed by atoms with van der Waals surface area (Å²) in [5.41, 5.74) is 0.695. The van der Waals surface area contributed by atoms with Gasteiger partial charge in [0.15, 0.2) is 0 Å². The first-order valence-electron chi connectivity index (χ1n) is 7.12. The summed E-state index contributed by atoms with van der Waals surface area (Å²) in [6.07, 6.45) is 9.53. The molecule has 1 aliphatic carbocycles. The Morgan fingerprint density at radius 2 is 2.14 bits per heavy atom. The largest absolute Gasteiger partial charge is 0.469 e. The minimum atomic E-state index is -0.326. The summed E-state index contributed by atoms with van der Waals surface area (Å²) >= 11 is 0. The number of hydrogen-bond donors (Lipinski definition) is 0. The molecular weight excluding hydrogens is 272 g/mol. The predicted molar refractivity (Wildman–Crippen MR) is 77.4 cm³/mol. The van der Waals surface area contributed by atoms with Crippen LogP contribution in [0.5, 0.6) is 0 Å². The van der Waals surface area contributed by atoms with E-state index in [-0.39, 0.29) is 24.0 Å². The third kappa shape index (κ3) is 5.94. The summed E-state index contributed by atoms with van der Waals surface area (Å²) in [7, 11) is 1.38. The van der Waals surface area contributed by atoms with Crippen LogP contribution < -0.4 is 0 Å². The fourth-order valence-corrected chi connectivity index (χ4v) is 2.38. The summed E-state index contributed by atoms with van der Waals surface area (Å²) in [6, 6.07) is 0. The van der Waals surface area contributed by atoms with Gasteiger partial charge in [-0.1, -0.05) is 18.2 Å². The van der Waals surface area contributed by atoms with E-state index in [1.54, 1.807) is 0 Å². The van der Waals surface area contributed by atoms with Crippen LogP contribution in [0.15, 0.2) is 23.8 Å². The fourth-order valence-electron chi connectivity index (χ4n) is 2.38. The molecule has 0 fully saturated rings. The van der Waals surface area contributed by atoms with Gasteiger partial charge in [-0.2, -0.15) is 0 Å². The summed E-state index contributed by atoms with van der Waals surface area (Å²) in [6.45, 7) is 1.37. The zero-order valence-corrected chi connectivity index (χ0v) is 12.5. The van der Waals surface area contributed by atoms with E-state index in [1.165, 1.54) is 14.0 Å². The molecule has 0 radical (unpaired) electrons. The molecule has 2 atom stereocenters. The van der Waals surface area contributed by atoms with E-state index in [1.807, 2.05) is 18.2 Å². The highest BCUT2D eigenvalue weighted by Crippen LogP contribution is 2.30. The van der Waals surface area contributed by atoms with Gasteiger partial charge in [0, 0.05) is 25.7 Å². The van der Waals surface area contributed by atoms with Gasteiger partial charge in [0.05, 0.1) is 7.11 Å². The number of allylic oxidation sites excluding steroid dienone is 2. The smallest absolute Gasteiger partial charge is 0.305 e. The van der Waals surface area contributed by atoms with Crippen molar-refractivity contribution in [2.45, 2.75) is 45.1 Å². The number of esters is 2. The minimum Gasteiger partial charge on any atom is -0.469 e. The molecule has 0 amide bonds. The number of rotatable bonds is 8. The number of ether oxygens (including phenoxy) is 2. The molecule has 0 aliphatic heterocycles. The Kier molecular flexibility index (Phi) is 7.43. The van der Waals surface area contributed by atoms with Gasteiger partial charge in [0.25, 0.3) is 0 Å². The van der Waals surface area contributed by atoms with E-state index in [0.717, 1.165) is 19.1 Å². The summed E-state index contributed by atoms with van der Waals surface area (Å²) in [4.78, 5) is 33.0. The quantitative estimate of drug-likeness (QED) is 0.297. The first-order chi connectivity index (χ1) is 10.1. The molecule has 0 aromatic rings. The topological polar surface area (TPSA) is 69.7 Å². The zero-order chi connectivity index (χ0) is 15.7. The van der Waals surface area contributed by atoms with E-state index in [0.29, 0.717) is 24.8 Å². The normalized spacial score (nSPS) is 21.1. The highest BCUT2D eigenvalue weighted by molar-refractivity contribution is 5.75. The molecule has 0 aromatic heterocycles. The van der Waals surface area contributed by atoms with Gasteiger partial charge in [0.2, 0.25) is 0 Å². The molecule has 0 saturated heterocycles. The molecule has 0 aromatic carbocycles. The third-order valence-electron chi connectivity index (χ3n) is 3.45. The Morgan fingerprint density at radius 1 is 1.38 bits per heavy atom. The summed E-state index contributed by atoms with van der Waals surface area (Å²) < 4.78 is 9.79. The highest BCUT2D eigenvalue weighted by atomic mass is 16.5. The molecule has 0 heterocycles. The van der Waals surface area contributed by atoms with E-state index < -0.39 is 0 Å². The Hall–Kier alpha value is -1.91. The van der Waals surface area contributed by atoms with Crippen molar-refractivity contribution < 1.29 is 23.9 Å². The third-order valence-corrected chi connectivity index (χ3v) is 3.45. The molecule has 0 bridgehead atoms. The lowest BCUT2D eigenvalue weighted by molar-refractivity contribution is -0.147. The maximum atomic E-state index is 11.1. The standard InChI is InChI=1S/C16H22O5/c1-12(18)21-15-10-9-13(11-17)14(15)7-5-3-4-6-8-16(19)20-2/h3,5,9,11,14-15H,4,6-8,10H2,1-2H3/b5-3-/t14-,15+/m1/s1. The predicted octanol–water partition coefficient (Wildman–Crippen LogP) is 2.35. The van der Waals surface area contributed by atoms with Crippen LogP contribution in [-0.4, -0.2) is 31.4 Å². The Bertz CT molecular complexity index is 436. The van der Waals surface area contributed by atoms with Crippen LogP contribution in [0.1, 0.15) is 39.0 Å². The van der Waals surface area contributed by atoms with Gasteiger partial charge >= 0.3 is 11.9 Å². The average Bonchev–Trinajstić information content (AvgIpc) is 2.83. The average molecular weight is 294 g/mol. The highest BCUT2D eigenvalue weighted by Gasteiger charge is 2.30. The van der Waals surface area contributed by atoms with Crippen molar-refractivity contribution in [2.24, 2.45) is 5.92 Å². The second-order valence-electron chi connectivity index (χ2n) is 4.99. The van der Waals surface area contributed by atoms with Crippen LogP contribution in [-0.2, 0) is 23.9 Å². The molecule has 0 unspecified atom stereocenters. The van der Waals surface area contributed by atoms with Crippen molar-refractivity contribution in [3.63, 3.8) is 0 Å². The van der Waals surface area contributed by atoms with Crippen molar-refractivity contribution in [2.75, 3.05) is 7.11 Å².